The van der Waals surface area contributed by atoms with E-state index < -0.39 is 0 Å². The van der Waals surface area contributed by atoms with Crippen LogP contribution in [0.5, 0.6) is 0 Å². The molecule has 0 fully saturated rings. The minimum absolute atomic E-state index is 0.00437. The number of H-pyrrole nitrogens is 1. The summed E-state index contributed by atoms with van der Waals surface area (Å²) in [6.45, 7) is 2.50. The molecule has 1 aromatic carbocycles. The van der Waals surface area contributed by atoms with Crippen molar-refractivity contribution in [3.63, 3.8) is 0 Å². The van der Waals surface area contributed by atoms with Gasteiger partial charge in [0.25, 0.3) is 5.91 Å². The highest BCUT2D eigenvalue weighted by atomic mass is 16.5. The maximum atomic E-state index is 12.4. The molecule has 6 nitrogen and oxygen atoms in total. The lowest BCUT2D eigenvalue weighted by Gasteiger charge is -2.16. The van der Waals surface area contributed by atoms with Crippen molar-refractivity contribution >= 4 is 5.91 Å². The van der Waals surface area contributed by atoms with Crippen LogP contribution >= 0.6 is 0 Å². The Hall–Kier alpha value is -2.21. The first-order valence-electron chi connectivity index (χ1n) is 6.50. The molecule has 0 aliphatic carbocycles. The molecule has 2 rings (SSSR count). The van der Waals surface area contributed by atoms with Crippen LogP contribution in [-0.2, 0) is 4.74 Å². The van der Waals surface area contributed by atoms with E-state index in [-0.39, 0.29) is 11.9 Å². The number of aromatic nitrogens is 3. The summed E-state index contributed by atoms with van der Waals surface area (Å²) in [6, 6.07) is 7.29. The highest BCUT2D eigenvalue weighted by Gasteiger charge is 2.16. The summed E-state index contributed by atoms with van der Waals surface area (Å²) >= 11 is 0. The molecular formula is C14H18N4O2. The van der Waals surface area contributed by atoms with Crippen molar-refractivity contribution in [3.8, 4) is 11.4 Å². The SMILES string of the molecule is CC[C@@H](COC)NC(=O)c1ccccc1-c1ncn[nH]1. The molecule has 106 valence electrons. The quantitative estimate of drug-likeness (QED) is 0.839. The lowest BCUT2D eigenvalue weighted by Crippen LogP contribution is -2.37. The molecular weight excluding hydrogens is 256 g/mol. The molecule has 0 aliphatic rings. The monoisotopic (exact) mass is 274 g/mol. The molecule has 1 atom stereocenters. The van der Waals surface area contributed by atoms with Crippen LogP contribution < -0.4 is 5.32 Å². The van der Waals surface area contributed by atoms with Crippen LogP contribution in [-0.4, -0.2) is 40.8 Å². The average molecular weight is 274 g/mol. The molecule has 1 heterocycles. The topological polar surface area (TPSA) is 79.9 Å². The first kappa shape index (κ1) is 14.2. The van der Waals surface area contributed by atoms with Crippen molar-refractivity contribution in [3.05, 3.63) is 36.2 Å². The summed E-state index contributed by atoms with van der Waals surface area (Å²) in [5.41, 5.74) is 1.30. The van der Waals surface area contributed by atoms with Crippen molar-refractivity contribution in [1.82, 2.24) is 20.5 Å². The Kier molecular flexibility index (Phi) is 4.84. The fourth-order valence-corrected chi connectivity index (χ4v) is 1.95. The number of aromatic amines is 1. The number of amides is 1. The van der Waals surface area contributed by atoms with E-state index in [0.717, 1.165) is 12.0 Å². The van der Waals surface area contributed by atoms with Gasteiger partial charge in [0.1, 0.15) is 6.33 Å². The third-order valence-corrected chi connectivity index (χ3v) is 3.04. The van der Waals surface area contributed by atoms with Crippen molar-refractivity contribution < 1.29 is 9.53 Å². The summed E-state index contributed by atoms with van der Waals surface area (Å²) in [5.74, 6) is 0.441. The largest absolute Gasteiger partial charge is 0.383 e. The fraction of sp³-hybridized carbons (Fsp3) is 0.357. The molecule has 2 N–H and O–H groups in total. The molecule has 20 heavy (non-hydrogen) atoms. The zero-order chi connectivity index (χ0) is 14.4. The van der Waals surface area contributed by atoms with Crippen molar-refractivity contribution in [2.24, 2.45) is 0 Å². The van der Waals surface area contributed by atoms with E-state index in [1.54, 1.807) is 13.2 Å². The lowest BCUT2D eigenvalue weighted by molar-refractivity contribution is 0.0895. The molecule has 0 aliphatic heterocycles. The Labute approximate surface area is 117 Å². The zero-order valence-electron chi connectivity index (χ0n) is 11.6. The summed E-state index contributed by atoms with van der Waals surface area (Å²) < 4.78 is 5.09. The van der Waals surface area contributed by atoms with Gasteiger partial charge in [0, 0.05) is 12.7 Å². The number of ether oxygens (including phenoxy) is 1. The number of carbonyl (C=O) groups is 1. The van der Waals surface area contributed by atoms with Gasteiger partial charge < -0.3 is 10.1 Å². The summed E-state index contributed by atoms with van der Waals surface area (Å²) in [5, 5.41) is 9.55. The predicted molar refractivity (Wildman–Crippen MR) is 75.2 cm³/mol. The number of benzene rings is 1. The molecule has 1 amide bonds. The Bertz CT molecular complexity index is 554. The number of carbonyl (C=O) groups excluding carboxylic acids is 1. The normalized spacial score (nSPS) is 12.1. The van der Waals surface area contributed by atoms with Gasteiger partial charge in [0.15, 0.2) is 5.82 Å². The molecule has 0 saturated heterocycles. The van der Waals surface area contributed by atoms with E-state index >= 15 is 0 Å². The molecule has 2 aromatic rings. The van der Waals surface area contributed by atoms with Crippen LogP contribution in [0.1, 0.15) is 23.7 Å². The van der Waals surface area contributed by atoms with Gasteiger partial charge in [-0.15, -0.1) is 0 Å². The van der Waals surface area contributed by atoms with Gasteiger partial charge in [0.05, 0.1) is 18.2 Å². The number of hydrogen-bond donors (Lipinski definition) is 2. The minimum atomic E-state index is -0.138. The van der Waals surface area contributed by atoms with Crippen molar-refractivity contribution in [1.29, 1.82) is 0 Å². The Morgan fingerprint density at radius 3 is 2.90 bits per heavy atom. The van der Waals surface area contributed by atoms with Gasteiger partial charge in [-0.3, -0.25) is 9.89 Å². The zero-order valence-corrected chi connectivity index (χ0v) is 11.6. The molecule has 0 bridgehead atoms. The summed E-state index contributed by atoms with van der Waals surface area (Å²) in [4.78, 5) is 16.5. The highest BCUT2D eigenvalue weighted by Crippen LogP contribution is 2.19. The van der Waals surface area contributed by atoms with E-state index in [9.17, 15) is 4.79 Å². The smallest absolute Gasteiger partial charge is 0.252 e. The van der Waals surface area contributed by atoms with E-state index in [4.69, 9.17) is 4.74 Å². The summed E-state index contributed by atoms with van der Waals surface area (Å²) in [6.07, 6.45) is 2.23. The Balaban J connectivity index is 2.22. The molecule has 6 heteroatoms. The van der Waals surface area contributed by atoms with E-state index in [1.165, 1.54) is 6.33 Å². The van der Waals surface area contributed by atoms with E-state index in [2.05, 4.69) is 20.5 Å². The van der Waals surface area contributed by atoms with Crippen LogP contribution in [0.25, 0.3) is 11.4 Å². The second kappa shape index (κ2) is 6.81. The van der Waals surface area contributed by atoms with Gasteiger partial charge >= 0.3 is 0 Å². The number of nitrogens with zero attached hydrogens (tertiary/aromatic N) is 2. The van der Waals surface area contributed by atoms with Crippen LogP contribution in [0.2, 0.25) is 0 Å². The second-order valence-electron chi connectivity index (χ2n) is 4.41. The molecule has 0 spiro atoms. The van der Waals surface area contributed by atoms with Crippen molar-refractivity contribution in [2.45, 2.75) is 19.4 Å². The fourth-order valence-electron chi connectivity index (χ4n) is 1.95. The van der Waals surface area contributed by atoms with Crippen LogP contribution in [0.3, 0.4) is 0 Å². The third-order valence-electron chi connectivity index (χ3n) is 3.04. The number of hydrogen-bond acceptors (Lipinski definition) is 4. The van der Waals surface area contributed by atoms with Gasteiger partial charge in [0.2, 0.25) is 0 Å². The average Bonchev–Trinajstić information content (AvgIpc) is 3.00. The number of nitrogens with one attached hydrogen (secondary N) is 2. The number of rotatable bonds is 6. The predicted octanol–water partition coefficient (Wildman–Crippen LogP) is 1.63. The van der Waals surface area contributed by atoms with Gasteiger partial charge in [-0.2, -0.15) is 5.10 Å². The Morgan fingerprint density at radius 2 is 2.25 bits per heavy atom. The maximum absolute atomic E-state index is 12.4. The number of methoxy groups -OCH3 is 1. The molecule has 0 radical (unpaired) electrons. The maximum Gasteiger partial charge on any atom is 0.252 e. The second-order valence-corrected chi connectivity index (χ2v) is 4.41. The van der Waals surface area contributed by atoms with Gasteiger partial charge in [-0.05, 0) is 12.5 Å². The van der Waals surface area contributed by atoms with E-state index in [0.29, 0.717) is 18.0 Å². The third kappa shape index (κ3) is 3.21. The Morgan fingerprint density at radius 1 is 1.45 bits per heavy atom. The van der Waals surface area contributed by atoms with Crippen LogP contribution in [0.15, 0.2) is 30.6 Å². The molecule has 0 saturated carbocycles. The van der Waals surface area contributed by atoms with Gasteiger partial charge in [-0.1, -0.05) is 25.1 Å². The highest BCUT2D eigenvalue weighted by molar-refractivity contribution is 6.00. The molecule has 0 unspecified atom stereocenters. The minimum Gasteiger partial charge on any atom is -0.383 e. The molecule has 1 aromatic heterocycles. The van der Waals surface area contributed by atoms with E-state index in [1.807, 2.05) is 25.1 Å². The van der Waals surface area contributed by atoms with Crippen LogP contribution in [0.4, 0.5) is 0 Å². The van der Waals surface area contributed by atoms with Crippen molar-refractivity contribution in [2.75, 3.05) is 13.7 Å². The first-order valence-corrected chi connectivity index (χ1v) is 6.50. The summed E-state index contributed by atoms with van der Waals surface area (Å²) in [7, 11) is 1.62. The van der Waals surface area contributed by atoms with Gasteiger partial charge in [-0.25, -0.2) is 4.98 Å². The lowest BCUT2D eigenvalue weighted by atomic mass is 10.1. The van der Waals surface area contributed by atoms with Crippen LogP contribution in [0, 0.1) is 0 Å². The first-order chi connectivity index (χ1) is 9.76. The standard InChI is InChI=1S/C14H18N4O2/c1-3-10(8-20-2)17-14(19)12-7-5-4-6-11(12)13-15-9-16-18-13/h4-7,9-10H,3,8H2,1-2H3,(H,17,19)(H,15,16,18)/t10-/m0/s1.